The monoisotopic (exact) mass is 284 g/mol. The van der Waals surface area contributed by atoms with Crippen molar-refractivity contribution in [3.05, 3.63) is 29.8 Å². The number of hydrogen-bond donors (Lipinski definition) is 2. The van der Waals surface area contributed by atoms with Gasteiger partial charge in [0, 0.05) is 25.3 Å². The summed E-state index contributed by atoms with van der Waals surface area (Å²) in [5.41, 5.74) is 6.54. The summed E-state index contributed by atoms with van der Waals surface area (Å²) >= 11 is 0. The predicted molar refractivity (Wildman–Crippen MR) is 74.3 cm³/mol. The minimum absolute atomic E-state index is 0.0958. The molecule has 3 N–H and O–H groups in total. The summed E-state index contributed by atoms with van der Waals surface area (Å²) < 4.78 is 22.6. The van der Waals surface area contributed by atoms with Crippen molar-refractivity contribution in [2.45, 2.75) is 37.2 Å². The van der Waals surface area contributed by atoms with Crippen LogP contribution in [0.15, 0.2) is 29.2 Å². The molecule has 0 bridgehead atoms. The number of rotatable bonds is 6. The van der Waals surface area contributed by atoms with Crippen LogP contribution in [0.5, 0.6) is 0 Å². The molecule has 0 aromatic heterocycles. The molecule has 0 radical (unpaired) electrons. The van der Waals surface area contributed by atoms with Crippen LogP contribution in [-0.2, 0) is 21.2 Å². The van der Waals surface area contributed by atoms with E-state index in [1.54, 1.807) is 12.1 Å². The van der Waals surface area contributed by atoms with Crippen molar-refractivity contribution >= 4 is 15.7 Å². The van der Waals surface area contributed by atoms with E-state index in [0.29, 0.717) is 13.0 Å². The molecular formula is C13H20N2O3S. The third-order valence-electron chi connectivity index (χ3n) is 2.81. The molecular weight excluding hydrogens is 264 g/mol. The van der Waals surface area contributed by atoms with Crippen molar-refractivity contribution in [3.8, 4) is 0 Å². The number of nitrogens with one attached hydrogen (secondary N) is 1. The number of hydrogen-bond acceptors (Lipinski definition) is 4. The van der Waals surface area contributed by atoms with Gasteiger partial charge in [0.15, 0.2) is 9.84 Å². The standard InChI is InChI=1S/C13H20N2O3S/c1-3-11(14)8-13(16)15-9-10-4-6-12(7-5-10)19(2,17)18/h4-7,11H,3,8-9,14H2,1-2H3,(H,15,16). The summed E-state index contributed by atoms with van der Waals surface area (Å²) in [6.07, 6.45) is 2.23. The quantitative estimate of drug-likeness (QED) is 0.810. The molecule has 5 nitrogen and oxygen atoms in total. The van der Waals surface area contributed by atoms with Gasteiger partial charge in [-0.2, -0.15) is 0 Å². The van der Waals surface area contributed by atoms with Gasteiger partial charge in [-0.3, -0.25) is 4.79 Å². The highest BCUT2D eigenvalue weighted by atomic mass is 32.2. The van der Waals surface area contributed by atoms with Crippen LogP contribution in [0.3, 0.4) is 0 Å². The van der Waals surface area contributed by atoms with Crippen molar-refractivity contribution in [1.29, 1.82) is 0 Å². The number of benzene rings is 1. The molecule has 0 saturated heterocycles. The topological polar surface area (TPSA) is 89.3 Å². The van der Waals surface area contributed by atoms with Gasteiger partial charge in [-0.25, -0.2) is 8.42 Å². The largest absolute Gasteiger partial charge is 0.352 e. The number of carbonyl (C=O) groups is 1. The second-order valence-electron chi connectivity index (χ2n) is 4.57. The maximum absolute atomic E-state index is 11.5. The van der Waals surface area contributed by atoms with E-state index in [0.717, 1.165) is 18.2 Å². The Morgan fingerprint density at radius 3 is 2.37 bits per heavy atom. The van der Waals surface area contributed by atoms with Crippen LogP contribution in [0, 0.1) is 0 Å². The van der Waals surface area contributed by atoms with E-state index < -0.39 is 9.84 Å². The summed E-state index contributed by atoms with van der Waals surface area (Å²) in [6, 6.07) is 6.34. The highest BCUT2D eigenvalue weighted by Gasteiger charge is 2.08. The summed E-state index contributed by atoms with van der Waals surface area (Å²) in [4.78, 5) is 11.8. The van der Waals surface area contributed by atoms with Crippen LogP contribution < -0.4 is 11.1 Å². The maximum Gasteiger partial charge on any atom is 0.221 e. The van der Waals surface area contributed by atoms with Crippen molar-refractivity contribution in [2.24, 2.45) is 5.73 Å². The molecule has 19 heavy (non-hydrogen) atoms. The second kappa shape index (κ2) is 6.68. The van der Waals surface area contributed by atoms with Crippen LogP contribution in [0.25, 0.3) is 0 Å². The van der Waals surface area contributed by atoms with E-state index in [1.165, 1.54) is 12.1 Å². The number of sulfone groups is 1. The fourth-order valence-electron chi connectivity index (χ4n) is 1.51. The van der Waals surface area contributed by atoms with Crippen molar-refractivity contribution in [2.75, 3.05) is 6.26 Å². The lowest BCUT2D eigenvalue weighted by atomic mass is 10.1. The van der Waals surface area contributed by atoms with Crippen LogP contribution >= 0.6 is 0 Å². The molecule has 0 fully saturated rings. The number of amides is 1. The molecule has 0 aliphatic heterocycles. The first kappa shape index (κ1) is 15.7. The average Bonchev–Trinajstić information content (AvgIpc) is 2.35. The molecule has 1 aromatic carbocycles. The van der Waals surface area contributed by atoms with Gasteiger partial charge in [0.2, 0.25) is 5.91 Å². The zero-order valence-corrected chi connectivity index (χ0v) is 12.0. The van der Waals surface area contributed by atoms with Gasteiger partial charge in [-0.15, -0.1) is 0 Å². The molecule has 1 aromatic rings. The summed E-state index contributed by atoms with van der Waals surface area (Å²) in [7, 11) is -3.17. The Labute approximate surface area is 114 Å². The van der Waals surface area contributed by atoms with Crippen molar-refractivity contribution < 1.29 is 13.2 Å². The van der Waals surface area contributed by atoms with Crippen molar-refractivity contribution in [3.63, 3.8) is 0 Å². The van der Waals surface area contributed by atoms with Crippen molar-refractivity contribution in [1.82, 2.24) is 5.32 Å². The normalized spacial score (nSPS) is 13.0. The Morgan fingerprint density at radius 1 is 1.32 bits per heavy atom. The average molecular weight is 284 g/mol. The van der Waals surface area contributed by atoms with E-state index in [9.17, 15) is 13.2 Å². The maximum atomic E-state index is 11.5. The second-order valence-corrected chi connectivity index (χ2v) is 6.58. The molecule has 0 aliphatic rings. The van der Waals surface area contributed by atoms with Crippen LogP contribution in [-0.4, -0.2) is 26.6 Å². The molecule has 1 rings (SSSR count). The Bertz CT molecular complexity index is 523. The number of carbonyl (C=O) groups excluding carboxylic acids is 1. The lowest BCUT2D eigenvalue weighted by Gasteiger charge is -2.09. The fourth-order valence-corrected chi connectivity index (χ4v) is 2.14. The lowest BCUT2D eigenvalue weighted by Crippen LogP contribution is -2.30. The molecule has 1 unspecified atom stereocenters. The first-order chi connectivity index (χ1) is 8.82. The van der Waals surface area contributed by atoms with E-state index in [1.807, 2.05) is 6.92 Å². The van der Waals surface area contributed by atoms with Gasteiger partial charge < -0.3 is 11.1 Å². The lowest BCUT2D eigenvalue weighted by molar-refractivity contribution is -0.121. The molecule has 0 heterocycles. The molecule has 1 amide bonds. The summed E-state index contributed by atoms with van der Waals surface area (Å²) in [5, 5.41) is 2.75. The molecule has 0 aliphatic carbocycles. The van der Waals surface area contributed by atoms with Gasteiger partial charge in [0.1, 0.15) is 0 Å². The molecule has 0 saturated carbocycles. The van der Waals surface area contributed by atoms with E-state index in [4.69, 9.17) is 5.73 Å². The summed E-state index contributed by atoms with van der Waals surface area (Å²) in [6.45, 7) is 2.31. The third-order valence-corrected chi connectivity index (χ3v) is 3.94. The van der Waals surface area contributed by atoms with Crippen LogP contribution in [0.1, 0.15) is 25.3 Å². The Kier molecular flexibility index (Phi) is 5.50. The minimum Gasteiger partial charge on any atom is -0.352 e. The van der Waals surface area contributed by atoms with Gasteiger partial charge in [-0.05, 0) is 24.1 Å². The Balaban J connectivity index is 2.53. The molecule has 6 heteroatoms. The SMILES string of the molecule is CCC(N)CC(=O)NCc1ccc(S(C)(=O)=O)cc1. The molecule has 106 valence electrons. The minimum atomic E-state index is -3.17. The van der Waals surface area contributed by atoms with Crippen LogP contribution in [0.4, 0.5) is 0 Å². The highest BCUT2D eigenvalue weighted by molar-refractivity contribution is 7.90. The fraction of sp³-hybridized carbons (Fsp3) is 0.462. The van der Waals surface area contributed by atoms with Gasteiger partial charge in [0.05, 0.1) is 4.90 Å². The summed E-state index contributed by atoms with van der Waals surface area (Å²) in [5.74, 6) is -0.0958. The van der Waals surface area contributed by atoms with E-state index in [2.05, 4.69) is 5.32 Å². The van der Waals surface area contributed by atoms with E-state index >= 15 is 0 Å². The first-order valence-corrected chi connectivity index (χ1v) is 8.03. The van der Waals surface area contributed by atoms with Crippen LogP contribution in [0.2, 0.25) is 0 Å². The molecule has 1 atom stereocenters. The van der Waals surface area contributed by atoms with E-state index in [-0.39, 0.29) is 16.8 Å². The zero-order chi connectivity index (χ0) is 14.5. The highest BCUT2D eigenvalue weighted by Crippen LogP contribution is 2.10. The van der Waals surface area contributed by atoms with Gasteiger partial charge in [0.25, 0.3) is 0 Å². The van der Waals surface area contributed by atoms with Gasteiger partial charge in [-0.1, -0.05) is 19.1 Å². The number of nitrogens with two attached hydrogens (primary N) is 1. The molecule has 0 spiro atoms. The Hall–Kier alpha value is -1.40. The third kappa shape index (κ3) is 5.40. The van der Waals surface area contributed by atoms with Gasteiger partial charge >= 0.3 is 0 Å². The zero-order valence-electron chi connectivity index (χ0n) is 11.2. The predicted octanol–water partition coefficient (Wildman–Crippen LogP) is 0.834. The first-order valence-electron chi connectivity index (χ1n) is 6.14. The smallest absolute Gasteiger partial charge is 0.221 e. The Morgan fingerprint density at radius 2 is 1.89 bits per heavy atom.